The van der Waals surface area contributed by atoms with Gasteiger partial charge in [0.25, 0.3) is 0 Å². The van der Waals surface area contributed by atoms with Crippen molar-refractivity contribution in [3.8, 4) is 5.75 Å². The Hall–Kier alpha value is -1.22. The second-order valence-corrected chi connectivity index (χ2v) is 6.07. The van der Waals surface area contributed by atoms with Crippen LogP contribution in [0.1, 0.15) is 29.2 Å². The van der Waals surface area contributed by atoms with Gasteiger partial charge in [0.05, 0.1) is 22.8 Å². The summed E-state index contributed by atoms with van der Waals surface area (Å²) < 4.78 is 5.75. The van der Waals surface area contributed by atoms with E-state index in [-0.39, 0.29) is 0 Å². The van der Waals surface area contributed by atoms with E-state index in [0.29, 0.717) is 23.1 Å². The van der Waals surface area contributed by atoms with E-state index in [0.717, 1.165) is 29.7 Å². The van der Waals surface area contributed by atoms with Crippen molar-refractivity contribution in [1.29, 1.82) is 0 Å². The molecule has 1 unspecified atom stereocenters. The van der Waals surface area contributed by atoms with E-state index >= 15 is 0 Å². The van der Waals surface area contributed by atoms with Crippen LogP contribution in [-0.4, -0.2) is 11.7 Å². The monoisotopic (exact) mass is 322 g/mol. The minimum absolute atomic E-state index is 0.483. The normalized spacial score (nSPS) is 15.2. The van der Waals surface area contributed by atoms with Crippen molar-refractivity contribution in [2.24, 2.45) is 0 Å². The van der Waals surface area contributed by atoms with Crippen LogP contribution in [0.3, 0.4) is 0 Å². The molecule has 2 aromatic carbocycles. The van der Waals surface area contributed by atoms with Gasteiger partial charge in [-0.2, -0.15) is 0 Å². The van der Waals surface area contributed by atoms with Crippen LogP contribution in [0.4, 0.5) is 0 Å². The van der Waals surface area contributed by atoms with Gasteiger partial charge in [0, 0.05) is 12.0 Å². The van der Waals surface area contributed by atoms with E-state index in [1.807, 2.05) is 18.2 Å². The van der Waals surface area contributed by atoms with Gasteiger partial charge in [-0.25, -0.2) is 0 Å². The standard InChI is InChI=1S/C17H16Cl2O2/c18-14-7-6-11(9-15(14)19)10-16(20)13-5-1-3-12-4-2-8-21-17(12)13/h1,3,5-7,9,16,20H,2,4,8,10H2. The summed E-state index contributed by atoms with van der Waals surface area (Å²) in [7, 11) is 0. The molecule has 1 atom stereocenters. The van der Waals surface area contributed by atoms with Crippen molar-refractivity contribution in [1.82, 2.24) is 0 Å². The van der Waals surface area contributed by atoms with Crippen LogP contribution in [0.5, 0.6) is 5.75 Å². The molecule has 0 amide bonds. The van der Waals surface area contributed by atoms with Gasteiger partial charge in [0.15, 0.2) is 0 Å². The third-order valence-corrected chi connectivity index (χ3v) is 4.47. The first-order valence-corrected chi connectivity index (χ1v) is 7.77. The number of ether oxygens (including phenoxy) is 1. The maximum atomic E-state index is 10.5. The van der Waals surface area contributed by atoms with Gasteiger partial charge in [0.1, 0.15) is 5.75 Å². The number of aliphatic hydroxyl groups excluding tert-OH is 1. The van der Waals surface area contributed by atoms with Crippen molar-refractivity contribution < 1.29 is 9.84 Å². The summed E-state index contributed by atoms with van der Waals surface area (Å²) in [6, 6.07) is 11.4. The molecule has 110 valence electrons. The molecule has 0 bridgehead atoms. The van der Waals surface area contributed by atoms with E-state index in [9.17, 15) is 5.11 Å². The minimum Gasteiger partial charge on any atom is -0.493 e. The van der Waals surface area contributed by atoms with Crippen LogP contribution in [-0.2, 0) is 12.8 Å². The Morgan fingerprint density at radius 3 is 2.81 bits per heavy atom. The first kappa shape index (κ1) is 14.7. The van der Waals surface area contributed by atoms with Crippen LogP contribution in [0, 0.1) is 0 Å². The van der Waals surface area contributed by atoms with Crippen molar-refractivity contribution in [2.75, 3.05) is 6.61 Å². The Bertz CT molecular complexity index is 655. The summed E-state index contributed by atoms with van der Waals surface area (Å²) in [6.45, 7) is 0.712. The molecule has 1 aliphatic rings. The lowest BCUT2D eigenvalue weighted by atomic mass is 9.96. The first-order chi connectivity index (χ1) is 10.1. The van der Waals surface area contributed by atoms with Gasteiger partial charge in [-0.05, 0) is 36.1 Å². The maximum absolute atomic E-state index is 10.5. The number of fused-ring (bicyclic) bond motifs is 1. The zero-order chi connectivity index (χ0) is 14.8. The molecule has 3 rings (SSSR count). The number of halogens is 2. The summed E-state index contributed by atoms with van der Waals surface area (Å²) in [6.07, 6.45) is 1.90. The van der Waals surface area contributed by atoms with E-state index < -0.39 is 6.10 Å². The zero-order valence-corrected chi connectivity index (χ0v) is 13.0. The molecule has 0 fully saturated rings. The predicted octanol–water partition coefficient (Wildman–Crippen LogP) is 4.59. The molecule has 1 N–H and O–H groups in total. The Morgan fingerprint density at radius 2 is 2.00 bits per heavy atom. The zero-order valence-electron chi connectivity index (χ0n) is 11.5. The topological polar surface area (TPSA) is 29.5 Å². The third-order valence-electron chi connectivity index (χ3n) is 3.74. The van der Waals surface area contributed by atoms with Crippen molar-refractivity contribution in [3.05, 3.63) is 63.1 Å². The Balaban J connectivity index is 1.85. The molecular weight excluding hydrogens is 307 g/mol. The molecular formula is C17H16Cl2O2. The fourth-order valence-electron chi connectivity index (χ4n) is 2.68. The predicted molar refractivity (Wildman–Crippen MR) is 85.4 cm³/mol. The molecule has 4 heteroatoms. The Morgan fingerprint density at radius 1 is 1.14 bits per heavy atom. The molecule has 0 aliphatic carbocycles. The van der Waals surface area contributed by atoms with Crippen molar-refractivity contribution >= 4 is 23.2 Å². The van der Waals surface area contributed by atoms with Gasteiger partial charge in [-0.3, -0.25) is 0 Å². The van der Waals surface area contributed by atoms with Crippen LogP contribution in [0.25, 0.3) is 0 Å². The summed E-state index contributed by atoms with van der Waals surface area (Å²) in [5, 5.41) is 11.6. The van der Waals surface area contributed by atoms with Crippen molar-refractivity contribution in [2.45, 2.75) is 25.4 Å². The first-order valence-electron chi connectivity index (χ1n) is 7.02. The average Bonchev–Trinajstić information content (AvgIpc) is 2.50. The van der Waals surface area contributed by atoms with Gasteiger partial charge in [-0.15, -0.1) is 0 Å². The third kappa shape index (κ3) is 3.18. The number of hydrogen-bond acceptors (Lipinski definition) is 2. The van der Waals surface area contributed by atoms with Crippen LogP contribution in [0.15, 0.2) is 36.4 Å². The van der Waals surface area contributed by atoms with Gasteiger partial charge >= 0.3 is 0 Å². The molecule has 2 nitrogen and oxygen atoms in total. The summed E-state index contributed by atoms with van der Waals surface area (Å²) in [4.78, 5) is 0. The van der Waals surface area contributed by atoms with Crippen molar-refractivity contribution in [3.63, 3.8) is 0 Å². The number of hydrogen-bond donors (Lipinski definition) is 1. The fraction of sp³-hybridized carbons (Fsp3) is 0.294. The Kier molecular flexibility index (Phi) is 4.39. The summed E-state index contributed by atoms with van der Waals surface area (Å²) in [5.74, 6) is 0.844. The molecule has 0 saturated carbocycles. The van der Waals surface area contributed by atoms with E-state index in [4.69, 9.17) is 27.9 Å². The molecule has 0 spiro atoms. The van der Waals surface area contributed by atoms with Gasteiger partial charge in [0.2, 0.25) is 0 Å². The number of benzene rings is 2. The molecule has 0 saturated heterocycles. The molecule has 1 heterocycles. The molecule has 2 aromatic rings. The molecule has 21 heavy (non-hydrogen) atoms. The smallest absolute Gasteiger partial charge is 0.128 e. The summed E-state index contributed by atoms with van der Waals surface area (Å²) >= 11 is 11.9. The highest BCUT2D eigenvalue weighted by Crippen LogP contribution is 2.34. The molecule has 0 radical (unpaired) electrons. The largest absolute Gasteiger partial charge is 0.493 e. The van der Waals surface area contributed by atoms with Gasteiger partial charge < -0.3 is 9.84 Å². The lowest BCUT2D eigenvalue weighted by molar-refractivity contribution is 0.169. The lowest BCUT2D eigenvalue weighted by Gasteiger charge is -2.23. The second-order valence-electron chi connectivity index (χ2n) is 5.26. The number of rotatable bonds is 3. The number of para-hydroxylation sites is 1. The average molecular weight is 323 g/mol. The second kappa shape index (κ2) is 6.27. The highest BCUT2D eigenvalue weighted by molar-refractivity contribution is 6.42. The SMILES string of the molecule is OC(Cc1ccc(Cl)c(Cl)c1)c1cccc2c1OCCC2. The maximum Gasteiger partial charge on any atom is 0.128 e. The minimum atomic E-state index is -0.615. The van der Waals surface area contributed by atoms with E-state index in [2.05, 4.69) is 6.07 Å². The van der Waals surface area contributed by atoms with Crippen LogP contribution >= 0.6 is 23.2 Å². The summed E-state index contributed by atoms with van der Waals surface area (Å²) in [5.41, 5.74) is 2.97. The highest BCUT2D eigenvalue weighted by atomic mass is 35.5. The van der Waals surface area contributed by atoms with Gasteiger partial charge in [-0.1, -0.05) is 47.5 Å². The Labute approximate surface area is 134 Å². The van der Waals surface area contributed by atoms with Crippen LogP contribution < -0.4 is 4.74 Å². The fourth-order valence-corrected chi connectivity index (χ4v) is 3.00. The van der Waals surface area contributed by atoms with E-state index in [1.54, 1.807) is 12.1 Å². The highest BCUT2D eigenvalue weighted by Gasteiger charge is 2.19. The van der Waals surface area contributed by atoms with E-state index in [1.165, 1.54) is 5.56 Å². The lowest BCUT2D eigenvalue weighted by Crippen LogP contribution is -2.13. The number of aryl methyl sites for hydroxylation is 1. The quantitative estimate of drug-likeness (QED) is 0.895. The molecule has 1 aliphatic heterocycles. The van der Waals surface area contributed by atoms with Crippen LogP contribution in [0.2, 0.25) is 10.0 Å². The molecule has 0 aromatic heterocycles. The number of aliphatic hydroxyl groups is 1.